The molecule has 0 unspecified atom stereocenters. The maximum absolute atomic E-state index is 12.9. The van der Waals surface area contributed by atoms with Crippen molar-refractivity contribution in [3.8, 4) is 11.3 Å². The molecule has 0 radical (unpaired) electrons. The van der Waals surface area contributed by atoms with Crippen LogP contribution in [0.25, 0.3) is 11.3 Å². The van der Waals surface area contributed by atoms with Gasteiger partial charge in [-0.25, -0.2) is 14.4 Å². The molecule has 0 bridgehead atoms. The minimum atomic E-state index is -0.261. The first kappa shape index (κ1) is 16.7. The number of hydrogen-bond donors (Lipinski definition) is 1. The summed E-state index contributed by atoms with van der Waals surface area (Å²) in [6.45, 7) is 0.598. The van der Waals surface area contributed by atoms with E-state index in [4.69, 9.17) is 0 Å². The van der Waals surface area contributed by atoms with Crippen molar-refractivity contribution in [1.29, 1.82) is 0 Å². The van der Waals surface area contributed by atoms with Gasteiger partial charge >= 0.3 is 0 Å². The molecule has 2 heterocycles. The molecule has 0 aliphatic carbocycles. The molecule has 0 fully saturated rings. The van der Waals surface area contributed by atoms with Crippen LogP contribution >= 0.6 is 22.7 Å². The second-order valence-electron chi connectivity index (χ2n) is 5.21. The summed E-state index contributed by atoms with van der Waals surface area (Å²) in [4.78, 5) is 20.6. The van der Waals surface area contributed by atoms with Crippen molar-refractivity contribution >= 4 is 28.6 Å². The Morgan fingerprint density at radius 1 is 1.17 bits per heavy atom. The van der Waals surface area contributed by atoms with Gasteiger partial charge in [-0.15, -0.1) is 22.7 Å². The number of aryl methyl sites for hydroxylation is 1. The Balaban J connectivity index is 1.44. The molecule has 1 N–H and O–H groups in total. The fourth-order valence-corrected chi connectivity index (χ4v) is 3.58. The number of thiazole rings is 2. The predicted octanol–water partition coefficient (Wildman–Crippen LogP) is 3.70. The predicted molar refractivity (Wildman–Crippen MR) is 94.7 cm³/mol. The molecule has 24 heavy (non-hydrogen) atoms. The quantitative estimate of drug-likeness (QED) is 0.698. The molecule has 7 heteroatoms. The van der Waals surface area contributed by atoms with E-state index in [0.717, 1.165) is 28.4 Å². The van der Waals surface area contributed by atoms with E-state index in [2.05, 4.69) is 15.3 Å². The highest BCUT2D eigenvalue weighted by molar-refractivity contribution is 7.10. The Morgan fingerprint density at radius 2 is 2.00 bits per heavy atom. The van der Waals surface area contributed by atoms with Crippen LogP contribution in [0.15, 0.2) is 40.5 Å². The standard InChI is InChI=1S/C17H16FN3OS2/c18-13-3-1-12(2-4-13)15-10-24-17(21-15)6-5-16(22)19-8-7-14-9-23-11-20-14/h1-4,9-11H,5-8H2,(H,19,22). The Kier molecular flexibility index (Phi) is 5.66. The van der Waals surface area contributed by atoms with E-state index in [1.807, 2.05) is 10.8 Å². The fraction of sp³-hybridized carbons (Fsp3) is 0.235. The topological polar surface area (TPSA) is 54.9 Å². The molecule has 0 spiro atoms. The maximum Gasteiger partial charge on any atom is 0.220 e. The van der Waals surface area contributed by atoms with Crippen molar-refractivity contribution in [2.45, 2.75) is 19.3 Å². The zero-order valence-corrected chi connectivity index (χ0v) is 14.5. The second kappa shape index (κ2) is 8.12. The Morgan fingerprint density at radius 3 is 2.75 bits per heavy atom. The number of aromatic nitrogens is 2. The number of halogens is 1. The van der Waals surface area contributed by atoms with E-state index in [-0.39, 0.29) is 11.7 Å². The van der Waals surface area contributed by atoms with Gasteiger partial charge < -0.3 is 5.32 Å². The van der Waals surface area contributed by atoms with Gasteiger partial charge in [0.15, 0.2) is 0 Å². The number of amides is 1. The van der Waals surface area contributed by atoms with Crippen LogP contribution in [0.3, 0.4) is 0 Å². The van der Waals surface area contributed by atoms with Gasteiger partial charge in [-0.05, 0) is 24.3 Å². The van der Waals surface area contributed by atoms with Crippen molar-refractivity contribution in [2.24, 2.45) is 0 Å². The molecule has 1 aromatic carbocycles. The van der Waals surface area contributed by atoms with Crippen LogP contribution < -0.4 is 5.32 Å². The molecule has 3 aromatic rings. The lowest BCUT2D eigenvalue weighted by molar-refractivity contribution is -0.121. The van der Waals surface area contributed by atoms with E-state index in [9.17, 15) is 9.18 Å². The van der Waals surface area contributed by atoms with Crippen LogP contribution in [-0.4, -0.2) is 22.4 Å². The van der Waals surface area contributed by atoms with Crippen LogP contribution in [0.1, 0.15) is 17.1 Å². The van der Waals surface area contributed by atoms with Crippen molar-refractivity contribution in [2.75, 3.05) is 6.54 Å². The van der Waals surface area contributed by atoms with Gasteiger partial charge in [0.25, 0.3) is 0 Å². The molecule has 0 saturated heterocycles. The van der Waals surface area contributed by atoms with Crippen LogP contribution in [0.5, 0.6) is 0 Å². The Hall–Kier alpha value is -2.12. The Bertz CT molecular complexity index is 785. The number of benzene rings is 1. The lowest BCUT2D eigenvalue weighted by atomic mass is 10.2. The summed E-state index contributed by atoms with van der Waals surface area (Å²) in [5.41, 5.74) is 4.49. The van der Waals surface area contributed by atoms with Gasteiger partial charge in [0.2, 0.25) is 5.91 Å². The van der Waals surface area contributed by atoms with Crippen LogP contribution in [0, 0.1) is 5.82 Å². The summed E-state index contributed by atoms with van der Waals surface area (Å²) in [5, 5.41) is 7.72. The van der Waals surface area contributed by atoms with Crippen LogP contribution in [0.2, 0.25) is 0 Å². The molecule has 2 aromatic heterocycles. The molecule has 0 saturated carbocycles. The largest absolute Gasteiger partial charge is 0.356 e. The second-order valence-corrected chi connectivity index (χ2v) is 6.87. The van der Waals surface area contributed by atoms with E-state index >= 15 is 0 Å². The molecule has 0 atom stereocenters. The monoisotopic (exact) mass is 361 g/mol. The summed E-state index contributed by atoms with van der Waals surface area (Å²) < 4.78 is 12.9. The van der Waals surface area contributed by atoms with Crippen molar-refractivity contribution in [1.82, 2.24) is 15.3 Å². The van der Waals surface area contributed by atoms with Gasteiger partial charge in [-0.1, -0.05) is 0 Å². The van der Waals surface area contributed by atoms with Crippen molar-refractivity contribution in [3.05, 3.63) is 57.1 Å². The first-order valence-corrected chi connectivity index (χ1v) is 9.37. The summed E-state index contributed by atoms with van der Waals surface area (Å²) in [6, 6.07) is 6.26. The number of hydrogen-bond acceptors (Lipinski definition) is 5. The molecular formula is C17H16FN3OS2. The highest BCUT2D eigenvalue weighted by Gasteiger charge is 2.08. The van der Waals surface area contributed by atoms with Gasteiger partial charge in [-0.3, -0.25) is 4.79 Å². The molecular weight excluding hydrogens is 345 g/mol. The summed E-state index contributed by atoms with van der Waals surface area (Å²) >= 11 is 3.07. The first-order valence-electron chi connectivity index (χ1n) is 7.55. The first-order chi connectivity index (χ1) is 11.7. The van der Waals surface area contributed by atoms with Crippen LogP contribution in [-0.2, 0) is 17.6 Å². The highest BCUT2D eigenvalue weighted by Crippen LogP contribution is 2.22. The zero-order valence-electron chi connectivity index (χ0n) is 12.9. The number of nitrogens with one attached hydrogen (secondary N) is 1. The normalized spacial score (nSPS) is 10.7. The van der Waals surface area contributed by atoms with E-state index in [0.29, 0.717) is 19.4 Å². The number of rotatable bonds is 7. The minimum Gasteiger partial charge on any atom is -0.356 e. The molecule has 124 valence electrons. The van der Waals surface area contributed by atoms with Gasteiger partial charge in [-0.2, -0.15) is 0 Å². The highest BCUT2D eigenvalue weighted by atomic mass is 32.1. The smallest absolute Gasteiger partial charge is 0.220 e. The van der Waals surface area contributed by atoms with Crippen molar-refractivity contribution < 1.29 is 9.18 Å². The van der Waals surface area contributed by atoms with Gasteiger partial charge in [0, 0.05) is 42.1 Å². The Labute approximate surface area is 147 Å². The van der Waals surface area contributed by atoms with Crippen LogP contribution in [0.4, 0.5) is 4.39 Å². The minimum absolute atomic E-state index is 0.0174. The fourth-order valence-electron chi connectivity index (χ4n) is 2.18. The summed E-state index contributed by atoms with van der Waals surface area (Å²) in [7, 11) is 0. The average Bonchev–Trinajstić information content (AvgIpc) is 3.25. The lowest BCUT2D eigenvalue weighted by Crippen LogP contribution is -2.25. The molecule has 4 nitrogen and oxygen atoms in total. The summed E-state index contributed by atoms with van der Waals surface area (Å²) in [5.74, 6) is -0.243. The molecule has 0 aliphatic heterocycles. The molecule has 1 amide bonds. The SMILES string of the molecule is O=C(CCc1nc(-c2ccc(F)cc2)cs1)NCCc1cscn1. The lowest BCUT2D eigenvalue weighted by Gasteiger charge is -2.02. The number of carbonyl (C=O) groups is 1. The van der Waals surface area contributed by atoms with Gasteiger partial charge in [0.1, 0.15) is 5.82 Å². The average molecular weight is 361 g/mol. The number of nitrogens with zero attached hydrogens (tertiary/aromatic N) is 2. The number of carbonyl (C=O) groups excluding carboxylic acids is 1. The van der Waals surface area contributed by atoms with E-state index < -0.39 is 0 Å². The van der Waals surface area contributed by atoms with Crippen molar-refractivity contribution in [3.63, 3.8) is 0 Å². The molecule has 0 aliphatic rings. The summed E-state index contributed by atoms with van der Waals surface area (Å²) in [6.07, 6.45) is 1.77. The van der Waals surface area contributed by atoms with Gasteiger partial charge in [0.05, 0.1) is 21.9 Å². The maximum atomic E-state index is 12.9. The third-order valence-corrected chi connectivity index (χ3v) is 4.99. The third-order valence-electron chi connectivity index (χ3n) is 3.44. The van der Waals surface area contributed by atoms with E-state index in [1.165, 1.54) is 23.5 Å². The third kappa shape index (κ3) is 4.69. The molecule has 3 rings (SSSR count). The zero-order chi connectivity index (χ0) is 16.8. The van der Waals surface area contributed by atoms with E-state index in [1.54, 1.807) is 29.0 Å².